The predicted molar refractivity (Wildman–Crippen MR) is 81.9 cm³/mol. The number of nitrogens with zero attached hydrogens (tertiary/aromatic N) is 1. The number of hydrogen-bond donors (Lipinski definition) is 1. The number of rotatable bonds is 6. The van der Waals surface area contributed by atoms with Crippen LogP contribution in [0.5, 0.6) is 0 Å². The molecule has 0 saturated carbocycles. The van der Waals surface area contributed by atoms with Crippen molar-refractivity contribution < 1.29 is 23.9 Å². The van der Waals surface area contributed by atoms with Crippen LogP contribution < -0.4 is 5.32 Å². The second kappa shape index (κ2) is 9.26. The van der Waals surface area contributed by atoms with Crippen molar-refractivity contribution in [1.29, 1.82) is 0 Å². The molecule has 120 valence electrons. The van der Waals surface area contributed by atoms with E-state index in [0.29, 0.717) is 5.03 Å². The number of esters is 2. The summed E-state index contributed by atoms with van der Waals surface area (Å²) in [4.78, 5) is 38.3. The van der Waals surface area contributed by atoms with E-state index in [1.807, 2.05) is 0 Å². The summed E-state index contributed by atoms with van der Waals surface area (Å²) in [5.74, 6) is -2.34. The fourth-order valence-electron chi connectivity index (χ4n) is 1.32. The molecule has 1 N–H and O–H groups in total. The maximum absolute atomic E-state index is 11.6. The quantitative estimate of drug-likeness (QED) is 0.364. The van der Waals surface area contributed by atoms with E-state index in [9.17, 15) is 14.4 Å². The lowest BCUT2D eigenvalue weighted by Crippen LogP contribution is -2.25. The van der Waals surface area contributed by atoms with Crippen LogP contribution in [-0.4, -0.2) is 41.8 Å². The molecule has 0 saturated heterocycles. The van der Waals surface area contributed by atoms with E-state index in [4.69, 9.17) is 16.3 Å². The minimum absolute atomic E-state index is 0.00343. The van der Waals surface area contributed by atoms with Crippen LogP contribution >= 0.6 is 23.4 Å². The maximum Gasteiger partial charge on any atom is 0.397 e. The summed E-state index contributed by atoms with van der Waals surface area (Å²) >= 11 is 6.84. The van der Waals surface area contributed by atoms with Gasteiger partial charge in [0.1, 0.15) is 10.2 Å². The normalized spacial score (nSPS) is 9.95. The van der Waals surface area contributed by atoms with Crippen LogP contribution in [0, 0.1) is 0 Å². The number of halogens is 1. The Balaban J connectivity index is 2.79. The van der Waals surface area contributed by atoms with Crippen molar-refractivity contribution in [3.8, 4) is 0 Å². The number of ether oxygens (including phenoxy) is 2. The number of amides is 1. The highest BCUT2D eigenvalue weighted by Gasteiger charge is 2.18. The van der Waals surface area contributed by atoms with Crippen molar-refractivity contribution >= 4 is 46.9 Å². The molecular formula is C13H15ClN2O5S. The zero-order chi connectivity index (χ0) is 16.5. The molecule has 0 spiro atoms. The van der Waals surface area contributed by atoms with Crippen LogP contribution in [0.4, 0.5) is 5.69 Å². The Bertz CT molecular complexity index is 567. The van der Waals surface area contributed by atoms with Crippen LogP contribution in [0.25, 0.3) is 0 Å². The van der Waals surface area contributed by atoms with Crippen molar-refractivity contribution in [2.45, 2.75) is 18.9 Å². The molecule has 0 aliphatic heterocycles. The highest BCUT2D eigenvalue weighted by Crippen LogP contribution is 2.27. The first-order chi connectivity index (χ1) is 10.5. The lowest BCUT2D eigenvalue weighted by Gasteiger charge is -2.09. The zero-order valence-corrected chi connectivity index (χ0v) is 13.6. The molecule has 0 radical (unpaired) electrons. The Morgan fingerprint density at radius 1 is 1.23 bits per heavy atom. The van der Waals surface area contributed by atoms with Gasteiger partial charge in [0.25, 0.3) is 0 Å². The Morgan fingerprint density at radius 3 is 2.55 bits per heavy atom. The summed E-state index contributed by atoms with van der Waals surface area (Å²) in [6.45, 7) is 3.66. The van der Waals surface area contributed by atoms with Crippen molar-refractivity contribution in [2.75, 3.05) is 24.3 Å². The van der Waals surface area contributed by atoms with Crippen molar-refractivity contribution in [3.63, 3.8) is 0 Å². The lowest BCUT2D eigenvalue weighted by molar-refractivity contribution is -0.152. The number of aromatic nitrogens is 1. The molecule has 0 aliphatic carbocycles. The number of thioether (sulfide) groups is 1. The van der Waals surface area contributed by atoms with Crippen LogP contribution in [0.15, 0.2) is 17.2 Å². The largest absolute Gasteiger partial charge is 0.465 e. The van der Waals surface area contributed by atoms with Crippen molar-refractivity contribution in [2.24, 2.45) is 0 Å². The summed E-state index contributed by atoms with van der Waals surface area (Å²) in [6.07, 6.45) is 0. The average molecular weight is 347 g/mol. The summed E-state index contributed by atoms with van der Waals surface area (Å²) in [5.41, 5.74) is 0.261. The number of carbonyl (C=O) groups is 3. The van der Waals surface area contributed by atoms with E-state index in [1.54, 1.807) is 13.8 Å². The summed E-state index contributed by atoms with van der Waals surface area (Å²) < 4.78 is 9.39. The van der Waals surface area contributed by atoms with Crippen LogP contribution in [0.3, 0.4) is 0 Å². The third-order valence-electron chi connectivity index (χ3n) is 2.17. The average Bonchev–Trinajstić information content (AvgIpc) is 2.48. The van der Waals surface area contributed by atoms with Gasteiger partial charge in [0.2, 0.25) is 0 Å². The Morgan fingerprint density at radius 2 is 1.91 bits per heavy atom. The molecule has 7 nitrogen and oxygen atoms in total. The van der Waals surface area contributed by atoms with E-state index < -0.39 is 17.8 Å². The third-order valence-corrected chi connectivity index (χ3v) is 3.34. The van der Waals surface area contributed by atoms with E-state index in [2.05, 4.69) is 15.0 Å². The highest BCUT2D eigenvalue weighted by molar-refractivity contribution is 8.00. The molecule has 1 amide bonds. The van der Waals surface area contributed by atoms with Crippen molar-refractivity contribution in [1.82, 2.24) is 4.98 Å². The second-order valence-corrected chi connectivity index (χ2v) is 5.11. The van der Waals surface area contributed by atoms with Gasteiger partial charge in [0.15, 0.2) is 0 Å². The van der Waals surface area contributed by atoms with Crippen LogP contribution in [0.2, 0.25) is 5.15 Å². The smallest absolute Gasteiger partial charge is 0.397 e. The molecule has 0 atom stereocenters. The van der Waals surface area contributed by atoms with E-state index in [1.165, 1.54) is 12.1 Å². The molecule has 22 heavy (non-hydrogen) atoms. The fraction of sp³-hybridized carbons (Fsp3) is 0.385. The lowest BCUT2D eigenvalue weighted by atomic mass is 10.4. The first kappa shape index (κ1) is 18.2. The van der Waals surface area contributed by atoms with Gasteiger partial charge in [0, 0.05) is 0 Å². The predicted octanol–water partition coefficient (Wildman–Crippen LogP) is 1.89. The topological polar surface area (TPSA) is 94.6 Å². The first-order valence-electron chi connectivity index (χ1n) is 6.41. The van der Waals surface area contributed by atoms with Gasteiger partial charge < -0.3 is 14.8 Å². The SMILES string of the molecule is CCOC(=O)CSc1nc(Cl)ccc1NC(=O)C(=O)OCC. The summed E-state index contributed by atoms with van der Waals surface area (Å²) in [7, 11) is 0. The van der Waals surface area contributed by atoms with Gasteiger partial charge in [-0.05, 0) is 26.0 Å². The fourth-order valence-corrected chi connectivity index (χ4v) is 2.30. The van der Waals surface area contributed by atoms with E-state index in [-0.39, 0.29) is 29.8 Å². The molecule has 1 heterocycles. The third kappa shape index (κ3) is 5.90. The summed E-state index contributed by atoms with van der Waals surface area (Å²) in [6, 6.07) is 2.94. The first-order valence-corrected chi connectivity index (χ1v) is 7.77. The van der Waals surface area contributed by atoms with Gasteiger partial charge in [-0.2, -0.15) is 0 Å². The molecule has 1 aromatic heterocycles. The van der Waals surface area contributed by atoms with Crippen molar-refractivity contribution in [3.05, 3.63) is 17.3 Å². The molecule has 0 fully saturated rings. The molecule has 0 unspecified atom stereocenters. The van der Waals surface area contributed by atoms with Crippen LogP contribution in [0.1, 0.15) is 13.8 Å². The molecule has 0 aromatic carbocycles. The monoisotopic (exact) mass is 346 g/mol. The molecule has 0 bridgehead atoms. The standard InChI is InChI=1S/C13H15ClN2O5S/c1-3-20-10(17)7-22-12-8(5-6-9(14)16-12)15-11(18)13(19)21-4-2/h5-6H,3-4,7H2,1-2H3,(H,15,18). The number of anilines is 1. The minimum Gasteiger partial charge on any atom is -0.465 e. The van der Waals surface area contributed by atoms with Gasteiger partial charge in [-0.25, -0.2) is 9.78 Å². The van der Waals surface area contributed by atoms with Gasteiger partial charge in [-0.15, -0.1) is 0 Å². The van der Waals surface area contributed by atoms with E-state index in [0.717, 1.165) is 11.8 Å². The van der Waals surface area contributed by atoms with Gasteiger partial charge in [-0.1, -0.05) is 23.4 Å². The van der Waals surface area contributed by atoms with Gasteiger partial charge in [0.05, 0.1) is 24.7 Å². The second-order valence-electron chi connectivity index (χ2n) is 3.75. The summed E-state index contributed by atoms with van der Waals surface area (Å²) in [5, 5.41) is 2.87. The molecule has 0 aliphatic rings. The van der Waals surface area contributed by atoms with Crippen LogP contribution in [-0.2, 0) is 23.9 Å². The Kier molecular flexibility index (Phi) is 7.69. The maximum atomic E-state index is 11.6. The van der Waals surface area contributed by atoms with Gasteiger partial charge in [-0.3, -0.25) is 9.59 Å². The number of pyridine rings is 1. The minimum atomic E-state index is -1.00. The molecule has 1 aromatic rings. The number of carbonyl (C=O) groups excluding carboxylic acids is 3. The Labute approximate surface area is 136 Å². The van der Waals surface area contributed by atoms with E-state index >= 15 is 0 Å². The number of nitrogens with one attached hydrogen (secondary N) is 1. The zero-order valence-electron chi connectivity index (χ0n) is 12.1. The molecule has 9 heteroatoms. The number of hydrogen-bond acceptors (Lipinski definition) is 7. The highest BCUT2D eigenvalue weighted by atomic mass is 35.5. The van der Waals surface area contributed by atoms with Gasteiger partial charge >= 0.3 is 17.8 Å². The molecule has 1 rings (SSSR count). The Hall–Kier alpha value is -1.80. The molecular weight excluding hydrogens is 332 g/mol.